The predicted octanol–water partition coefficient (Wildman–Crippen LogP) is 2.22. The second-order valence-electron chi connectivity index (χ2n) is 5.10. The van der Waals surface area contributed by atoms with Crippen LogP contribution in [0.25, 0.3) is 0 Å². The van der Waals surface area contributed by atoms with Crippen molar-refractivity contribution in [1.82, 2.24) is 5.32 Å². The first-order valence-corrected chi connectivity index (χ1v) is 7.63. The van der Waals surface area contributed by atoms with Crippen LogP contribution in [0.15, 0.2) is 18.2 Å². The van der Waals surface area contributed by atoms with E-state index in [1.165, 1.54) is 18.4 Å². The second-order valence-corrected chi connectivity index (χ2v) is 7.69. The Hall–Kier alpha value is -0.940. The first-order chi connectivity index (χ1) is 8.11. The molecule has 0 aliphatic carbocycles. The van der Waals surface area contributed by atoms with E-state index < -0.39 is 14.6 Å². The fourth-order valence-corrected chi connectivity index (χ4v) is 2.73. The van der Waals surface area contributed by atoms with Gasteiger partial charge in [0.1, 0.15) is 5.82 Å². The number of hydrogen-bond donors (Lipinski definition) is 1. The number of hydrogen-bond acceptors (Lipinski definition) is 3. The van der Waals surface area contributed by atoms with Crippen LogP contribution in [0.5, 0.6) is 0 Å². The van der Waals surface area contributed by atoms with Crippen molar-refractivity contribution in [2.24, 2.45) is 0 Å². The monoisotopic (exact) mass is 273 g/mol. The van der Waals surface area contributed by atoms with Crippen molar-refractivity contribution in [2.45, 2.75) is 31.6 Å². The van der Waals surface area contributed by atoms with Crippen LogP contribution in [-0.4, -0.2) is 26.5 Å². The van der Waals surface area contributed by atoms with E-state index in [2.05, 4.69) is 5.32 Å². The smallest absolute Gasteiger partial charge is 0.154 e. The van der Waals surface area contributed by atoms with E-state index in [1.54, 1.807) is 33.9 Å². The molecule has 0 bridgehead atoms. The molecule has 102 valence electrons. The summed E-state index contributed by atoms with van der Waals surface area (Å²) in [4.78, 5) is 0. The summed E-state index contributed by atoms with van der Waals surface area (Å²) in [5, 5.41) is 3.02. The van der Waals surface area contributed by atoms with E-state index in [4.69, 9.17) is 0 Å². The molecule has 1 unspecified atom stereocenters. The maximum absolute atomic E-state index is 13.1. The molecular weight excluding hydrogens is 253 g/mol. The molecule has 0 aromatic heterocycles. The number of nitrogens with one attached hydrogen (secondary N) is 1. The number of sulfone groups is 1. The van der Waals surface area contributed by atoms with Crippen LogP contribution >= 0.6 is 0 Å². The summed E-state index contributed by atoms with van der Waals surface area (Å²) in [5.74, 6) is -0.316. The molecule has 0 radical (unpaired) electrons. The molecule has 0 saturated heterocycles. The van der Waals surface area contributed by atoms with Crippen molar-refractivity contribution in [3.05, 3.63) is 35.1 Å². The number of halogens is 1. The lowest BCUT2D eigenvalue weighted by Crippen LogP contribution is -2.44. The summed E-state index contributed by atoms with van der Waals surface area (Å²) < 4.78 is 35.9. The zero-order chi connectivity index (χ0) is 14.1. The van der Waals surface area contributed by atoms with Gasteiger partial charge in [-0.15, -0.1) is 0 Å². The van der Waals surface area contributed by atoms with Crippen LogP contribution in [0.1, 0.15) is 31.0 Å². The van der Waals surface area contributed by atoms with E-state index in [9.17, 15) is 12.8 Å². The minimum Gasteiger partial charge on any atom is -0.312 e. The van der Waals surface area contributed by atoms with Gasteiger partial charge in [-0.05, 0) is 51.1 Å². The molecule has 1 aromatic rings. The Morgan fingerprint density at radius 3 is 2.28 bits per heavy atom. The van der Waals surface area contributed by atoms with Crippen LogP contribution in [0.3, 0.4) is 0 Å². The highest BCUT2D eigenvalue weighted by Gasteiger charge is 2.39. The molecule has 1 N–H and O–H groups in total. The van der Waals surface area contributed by atoms with Gasteiger partial charge in [-0.1, -0.05) is 6.07 Å². The van der Waals surface area contributed by atoms with Gasteiger partial charge >= 0.3 is 0 Å². The topological polar surface area (TPSA) is 46.2 Å². The molecule has 0 aliphatic heterocycles. The largest absolute Gasteiger partial charge is 0.312 e. The molecule has 1 rings (SSSR count). The summed E-state index contributed by atoms with van der Waals surface area (Å²) in [7, 11) is -1.54. The van der Waals surface area contributed by atoms with Gasteiger partial charge in [0, 0.05) is 6.26 Å². The molecule has 0 spiro atoms. The van der Waals surface area contributed by atoms with Crippen molar-refractivity contribution in [3.63, 3.8) is 0 Å². The third-order valence-electron chi connectivity index (χ3n) is 3.48. The van der Waals surface area contributed by atoms with Crippen molar-refractivity contribution in [2.75, 3.05) is 13.3 Å². The van der Waals surface area contributed by atoms with Gasteiger partial charge in [-0.25, -0.2) is 12.8 Å². The van der Waals surface area contributed by atoms with E-state index in [1.807, 2.05) is 0 Å². The zero-order valence-electron chi connectivity index (χ0n) is 11.4. The molecule has 0 amide bonds. The Labute approximate surface area is 108 Å². The maximum atomic E-state index is 13.1. The Balaban J connectivity index is 3.35. The fourth-order valence-electron chi connectivity index (χ4n) is 2.05. The van der Waals surface area contributed by atoms with Gasteiger partial charge in [0.05, 0.1) is 10.8 Å². The van der Waals surface area contributed by atoms with Crippen molar-refractivity contribution in [1.29, 1.82) is 0 Å². The first-order valence-electron chi connectivity index (χ1n) is 5.74. The Kier molecular flexibility index (Phi) is 4.18. The Bertz CT molecular complexity index is 538. The third kappa shape index (κ3) is 2.72. The Morgan fingerprint density at radius 2 is 1.89 bits per heavy atom. The predicted molar refractivity (Wildman–Crippen MR) is 71.9 cm³/mol. The van der Waals surface area contributed by atoms with Crippen molar-refractivity contribution in [3.8, 4) is 0 Å². The van der Waals surface area contributed by atoms with Gasteiger partial charge in [0.2, 0.25) is 0 Å². The van der Waals surface area contributed by atoms with Gasteiger partial charge in [-0.3, -0.25) is 0 Å². The first kappa shape index (κ1) is 15.1. The van der Waals surface area contributed by atoms with Crippen LogP contribution in [0.2, 0.25) is 0 Å². The standard InChI is InChI=1S/C13H20FNO2S/c1-9-8-10(14)6-7-11(9)12(15-4)13(2,3)18(5,16)17/h6-8,12,15H,1-5H3. The van der Waals surface area contributed by atoms with Gasteiger partial charge in [0.25, 0.3) is 0 Å². The van der Waals surface area contributed by atoms with Crippen LogP contribution < -0.4 is 5.32 Å². The molecule has 18 heavy (non-hydrogen) atoms. The Morgan fingerprint density at radius 1 is 1.33 bits per heavy atom. The average Bonchev–Trinajstić information content (AvgIpc) is 2.20. The highest BCUT2D eigenvalue weighted by molar-refractivity contribution is 7.92. The highest BCUT2D eigenvalue weighted by atomic mass is 32.2. The molecule has 0 fully saturated rings. The van der Waals surface area contributed by atoms with Crippen LogP contribution in [-0.2, 0) is 9.84 Å². The molecule has 0 saturated carbocycles. The lowest BCUT2D eigenvalue weighted by Gasteiger charge is -2.33. The number of rotatable bonds is 4. The minimum atomic E-state index is -3.24. The highest BCUT2D eigenvalue weighted by Crippen LogP contribution is 2.33. The molecule has 1 atom stereocenters. The molecule has 1 aromatic carbocycles. The maximum Gasteiger partial charge on any atom is 0.154 e. The quantitative estimate of drug-likeness (QED) is 0.915. The molecule has 3 nitrogen and oxygen atoms in total. The lowest BCUT2D eigenvalue weighted by molar-refractivity contribution is 0.444. The molecule has 0 aliphatic rings. The summed E-state index contributed by atoms with van der Waals surface area (Å²) in [5.41, 5.74) is 1.54. The minimum absolute atomic E-state index is 0.316. The third-order valence-corrected chi connectivity index (χ3v) is 5.63. The molecule has 5 heteroatoms. The normalized spacial score (nSPS) is 14.6. The van der Waals surface area contributed by atoms with E-state index in [-0.39, 0.29) is 11.9 Å². The zero-order valence-corrected chi connectivity index (χ0v) is 12.2. The van der Waals surface area contributed by atoms with Crippen LogP contribution in [0.4, 0.5) is 4.39 Å². The summed E-state index contributed by atoms with van der Waals surface area (Å²) in [6, 6.07) is 4.02. The summed E-state index contributed by atoms with van der Waals surface area (Å²) in [6.45, 7) is 5.12. The van der Waals surface area contributed by atoms with E-state index in [0.29, 0.717) is 0 Å². The average molecular weight is 273 g/mol. The molecular formula is C13H20FNO2S. The second kappa shape index (κ2) is 4.97. The van der Waals surface area contributed by atoms with Crippen LogP contribution in [0, 0.1) is 12.7 Å². The van der Waals surface area contributed by atoms with Gasteiger partial charge in [-0.2, -0.15) is 0 Å². The van der Waals surface area contributed by atoms with Crippen molar-refractivity contribution < 1.29 is 12.8 Å². The lowest BCUT2D eigenvalue weighted by atomic mass is 9.92. The summed E-state index contributed by atoms with van der Waals surface area (Å²) >= 11 is 0. The van der Waals surface area contributed by atoms with Gasteiger partial charge < -0.3 is 5.32 Å². The van der Waals surface area contributed by atoms with E-state index in [0.717, 1.165) is 11.1 Å². The van der Waals surface area contributed by atoms with Crippen molar-refractivity contribution >= 4 is 9.84 Å². The number of benzene rings is 1. The van der Waals surface area contributed by atoms with Gasteiger partial charge in [0.15, 0.2) is 9.84 Å². The fraction of sp³-hybridized carbons (Fsp3) is 0.538. The van der Waals surface area contributed by atoms with E-state index >= 15 is 0 Å². The molecule has 0 heterocycles. The summed E-state index contributed by atoms with van der Waals surface area (Å²) in [6.07, 6.45) is 1.22. The SMILES string of the molecule is CNC(c1ccc(F)cc1C)C(C)(C)S(C)(=O)=O. The number of aryl methyl sites for hydroxylation is 1.